The Bertz CT molecular complexity index is 688. The van der Waals surface area contributed by atoms with Crippen molar-refractivity contribution < 1.29 is 9.53 Å². The van der Waals surface area contributed by atoms with Crippen LogP contribution >= 0.6 is 24.8 Å². The summed E-state index contributed by atoms with van der Waals surface area (Å²) in [5, 5.41) is 3.12. The Balaban J connectivity index is 0.00000169. The van der Waals surface area contributed by atoms with Gasteiger partial charge in [0, 0.05) is 24.0 Å². The van der Waals surface area contributed by atoms with Gasteiger partial charge in [0.2, 0.25) is 5.88 Å². The van der Waals surface area contributed by atoms with Crippen molar-refractivity contribution in [1.29, 1.82) is 0 Å². The predicted octanol–water partition coefficient (Wildman–Crippen LogP) is 3.36. The van der Waals surface area contributed by atoms with Gasteiger partial charge in [-0.15, -0.1) is 24.8 Å². The molecule has 1 heterocycles. The van der Waals surface area contributed by atoms with E-state index in [-0.39, 0.29) is 36.8 Å². The second-order valence-corrected chi connectivity index (χ2v) is 6.03. The third-order valence-electron chi connectivity index (χ3n) is 4.39. The second-order valence-electron chi connectivity index (χ2n) is 6.03. The first-order valence-corrected chi connectivity index (χ1v) is 8.31. The van der Waals surface area contributed by atoms with E-state index in [2.05, 4.69) is 15.3 Å². The minimum Gasteiger partial charge on any atom is -0.437 e. The molecular formula is C18H24Cl2N4O2. The molecule has 0 radical (unpaired) electrons. The summed E-state index contributed by atoms with van der Waals surface area (Å²) in [7, 11) is 0. The molecule has 3 rings (SSSR count). The Morgan fingerprint density at radius 3 is 2.77 bits per heavy atom. The molecule has 6 nitrogen and oxygen atoms in total. The standard InChI is InChI=1S/C18H22N4O2.2ClH/c19-11-14-4-1-2-7-16(14)22-18(23)13-5-3-6-15(10-13)24-17-12-20-8-9-21-17;;/h3,5-6,8-10,12,14,16H,1-2,4,7,11,19H2,(H,22,23);2*1H. The number of hydrogen-bond acceptors (Lipinski definition) is 5. The van der Waals surface area contributed by atoms with E-state index in [9.17, 15) is 4.79 Å². The molecule has 26 heavy (non-hydrogen) atoms. The van der Waals surface area contributed by atoms with E-state index >= 15 is 0 Å². The zero-order valence-electron chi connectivity index (χ0n) is 14.3. The average Bonchev–Trinajstić information content (AvgIpc) is 2.63. The van der Waals surface area contributed by atoms with Gasteiger partial charge in [-0.3, -0.25) is 9.78 Å². The molecule has 2 aromatic rings. The van der Waals surface area contributed by atoms with Crippen molar-refractivity contribution in [3.63, 3.8) is 0 Å². The van der Waals surface area contributed by atoms with E-state index in [1.165, 1.54) is 12.6 Å². The number of carbonyl (C=O) groups is 1. The Kier molecular flexibility index (Phi) is 9.34. The lowest BCUT2D eigenvalue weighted by molar-refractivity contribution is 0.0907. The van der Waals surface area contributed by atoms with Crippen LogP contribution in [-0.4, -0.2) is 28.5 Å². The van der Waals surface area contributed by atoms with Gasteiger partial charge in [0.1, 0.15) is 5.75 Å². The first kappa shape index (κ1) is 22.2. The maximum absolute atomic E-state index is 12.5. The highest BCUT2D eigenvalue weighted by Crippen LogP contribution is 2.24. The van der Waals surface area contributed by atoms with E-state index in [1.54, 1.807) is 36.7 Å². The third kappa shape index (κ3) is 5.83. The molecule has 0 bridgehead atoms. The molecule has 2 unspecified atom stereocenters. The monoisotopic (exact) mass is 398 g/mol. The lowest BCUT2D eigenvalue weighted by Gasteiger charge is -2.31. The summed E-state index contributed by atoms with van der Waals surface area (Å²) in [4.78, 5) is 20.6. The van der Waals surface area contributed by atoms with Crippen LogP contribution in [0.2, 0.25) is 0 Å². The van der Waals surface area contributed by atoms with Gasteiger partial charge < -0.3 is 15.8 Å². The van der Waals surface area contributed by atoms with Gasteiger partial charge in [-0.05, 0) is 43.5 Å². The number of halogens is 2. The fourth-order valence-electron chi connectivity index (χ4n) is 3.09. The lowest BCUT2D eigenvalue weighted by Crippen LogP contribution is -2.44. The van der Waals surface area contributed by atoms with Gasteiger partial charge >= 0.3 is 0 Å². The van der Waals surface area contributed by atoms with E-state index in [1.807, 2.05) is 0 Å². The molecule has 1 aromatic carbocycles. The molecule has 0 aliphatic heterocycles. The van der Waals surface area contributed by atoms with Crippen molar-refractivity contribution in [2.75, 3.05) is 6.54 Å². The number of amides is 1. The zero-order chi connectivity index (χ0) is 16.8. The maximum Gasteiger partial charge on any atom is 0.251 e. The molecular weight excluding hydrogens is 375 g/mol. The van der Waals surface area contributed by atoms with Crippen LogP contribution in [0.25, 0.3) is 0 Å². The van der Waals surface area contributed by atoms with Crippen molar-refractivity contribution in [1.82, 2.24) is 15.3 Å². The number of nitrogens with one attached hydrogen (secondary N) is 1. The molecule has 1 aromatic heterocycles. The number of carbonyl (C=O) groups excluding carboxylic acids is 1. The van der Waals surface area contributed by atoms with Crippen molar-refractivity contribution in [3.05, 3.63) is 48.4 Å². The SMILES string of the molecule is Cl.Cl.NCC1CCCCC1NC(=O)c1cccc(Oc2cnccn2)c1. The Morgan fingerprint density at radius 2 is 2.04 bits per heavy atom. The van der Waals surface area contributed by atoms with Crippen LogP contribution in [0.3, 0.4) is 0 Å². The van der Waals surface area contributed by atoms with Crippen LogP contribution in [0.5, 0.6) is 11.6 Å². The van der Waals surface area contributed by atoms with Crippen LogP contribution in [0.4, 0.5) is 0 Å². The van der Waals surface area contributed by atoms with Crippen molar-refractivity contribution in [3.8, 4) is 11.6 Å². The highest BCUT2D eigenvalue weighted by atomic mass is 35.5. The number of hydrogen-bond donors (Lipinski definition) is 2. The van der Waals surface area contributed by atoms with Crippen LogP contribution in [0.1, 0.15) is 36.0 Å². The largest absolute Gasteiger partial charge is 0.437 e. The molecule has 142 valence electrons. The van der Waals surface area contributed by atoms with Gasteiger partial charge in [-0.2, -0.15) is 0 Å². The van der Waals surface area contributed by atoms with Crippen LogP contribution in [-0.2, 0) is 0 Å². The molecule has 0 saturated heterocycles. The number of ether oxygens (including phenoxy) is 1. The molecule has 1 saturated carbocycles. The summed E-state index contributed by atoms with van der Waals surface area (Å²) in [6.45, 7) is 0.612. The molecule has 0 spiro atoms. The minimum atomic E-state index is -0.0926. The van der Waals surface area contributed by atoms with E-state index in [0.29, 0.717) is 29.7 Å². The molecule has 8 heteroatoms. The second kappa shape index (κ2) is 11.0. The molecule has 2 atom stereocenters. The van der Waals surface area contributed by atoms with Gasteiger partial charge in [-0.1, -0.05) is 18.9 Å². The number of aromatic nitrogens is 2. The zero-order valence-corrected chi connectivity index (χ0v) is 16.0. The van der Waals surface area contributed by atoms with Gasteiger partial charge in [-0.25, -0.2) is 4.98 Å². The van der Waals surface area contributed by atoms with Crippen LogP contribution < -0.4 is 15.8 Å². The average molecular weight is 399 g/mol. The highest BCUT2D eigenvalue weighted by molar-refractivity contribution is 5.94. The van der Waals surface area contributed by atoms with Crippen molar-refractivity contribution in [2.45, 2.75) is 31.7 Å². The summed E-state index contributed by atoms with van der Waals surface area (Å²) in [5.74, 6) is 1.22. The van der Waals surface area contributed by atoms with E-state index in [0.717, 1.165) is 19.3 Å². The third-order valence-corrected chi connectivity index (χ3v) is 4.39. The Hall–Kier alpha value is -1.89. The number of nitrogens with zero attached hydrogens (tertiary/aromatic N) is 2. The summed E-state index contributed by atoms with van der Waals surface area (Å²) in [5.41, 5.74) is 6.40. The number of rotatable bonds is 5. The van der Waals surface area contributed by atoms with Crippen LogP contribution in [0.15, 0.2) is 42.9 Å². The Labute approximate surface area is 165 Å². The maximum atomic E-state index is 12.5. The Morgan fingerprint density at radius 1 is 1.23 bits per heavy atom. The molecule has 1 aliphatic rings. The quantitative estimate of drug-likeness (QED) is 0.805. The predicted molar refractivity (Wildman–Crippen MR) is 105 cm³/mol. The normalized spacial score (nSPS) is 18.8. The number of benzene rings is 1. The fourth-order valence-corrected chi connectivity index (χ4v) is 3.09. The van der Waals surface area contributed by atoms with Crippen molar-refractivity contribution in [2.24, 2.45) is 11.7 Å². The van der Waals surface area contributed by atoms with E-state index in [4.69, 9.17) is 10.5 Å². The molecule has 1 amide bonds. The van der Waals surface area contributed by atoms with Crippen molar-refractivity contribution >= 4 is 30.7 Å². The first-order valence-electron chi connectivity index (χ1n) is 8.31. The van der Waals surface area contributed by atoms with Crippen LogP contribution in [0, 0.1) is 5.92 Å². The minimum absolute atomic E-state index is 0. The number of nitrogens with two attached hydrogens (primary N) is 1. The highest BCUT2D eigenvalue weighted by Gasteiger charge is 2.25. The van der Waals surface area contributed by atoms with Gasteiger partial charge in [0.15, 0.2) is 0 Å². The molecule has 1 fully saturated rings. The topological polar surface area (TPSA) is 90.1 Å². The summed E-state index contributed by atoms with van der Waals surface area (Å²) < 4.78 is 5.63. The smallest absolute Gasteiger partial charge is 0.251 e. The first-order chi connectivity index (χ1) is 11.8. The molecule has 1 aliphatic carbocycles. The van der Waals surface area contributed by atoms with Gasteiger partial charge in [0.05, 0.1) is 6.20 Å². The summed E-state index contributed by atoms with van der Waals surface area (Å²) in [6.07, 6.45) is 9.06. The molecule has 3 N–H and O–H groups in total. The fraction of sp³-hybridized carbons (Fsp3) is 0.389. The summed E-state index contributed by atoms with van der Waals surface area (Å²) >= 11 is 0. The summed E-state index contributed by atoms with van der Waals surface area (Å²) in [6, 6.07) is 7.22. The van der Waals surface area contributed by atoms with E-state index < -0.39 is 0 Å². The van der Waals surface area contributed by atoms with Gasteiger partial charge in [0.25, 0.3) is 5.91 Å². The lowest BCUT2D eigenvalue weighted by atomic mass is 9.84.